The van der Waals surface area contributed by atoms with Crippen molar-refractivity contribution in [2.45, 2.75) is 12.5 Å². The predicted molar refractivity (Wildman–Crippen MR) is 78.3 cm³/mol. The van der Waals surface area contributed by atoms with Crippen molar-refractivity contribution in [2.24, 2.45) is 0 Å². The van der Waals surface area contributed by atoms with Gasteiger partial charge in [-0.05, 0) is 24.3 Å². The molecular weight excluding hydrogens is 292 g/mol. The maximum Gasteiger partial charge on any atom is 0.254 e. The Bertz CT molecular complexity index is 654. The first kappa shape index (κ1) is 13.6. The summed E-state index contributed by atoms with van der Waals surface area (Å²) in [5.41, 5.74) is 1.23. The quantitative estimate of drug-likeness (QED) is 0.904. The van der Waals surface area contributed by atoms with E-state index in [1.54, 1.807) is 29.2 Å². The van der Waals surface area contributed by atoms with E-state index in [9.17, 15) is 9.59 Å². The molecule has 1 aromatic carbocycles. The van der Waals surface area contributed by atoms with Gasteiger partial charge in [-0.2, -0.15) is 5.10 Å². The van der Waals surface area contributed by atoms with Gasteiger partial charge in [-0.15, -0.1) is 0 Å². The summed E-state index contributed by atoms with van der Waals surface area (Å²) in [6.07, 6.45) is 3.25. The molecule has 0 aliphatic carbocycles. The van der Waals surface area contributed by atoms with Gasteiger partial charge in [0.15, 0.2) is 0 Å². The molecule has 2 amide bonds. The van der Waals surface area contributed by atoms with E-state index in [4.69, 9.17) is 11.6 Å². The largest absolute Gasteiger partial charge is 0.347 e. The van der Waals surface area contributed by atoms with E-state index in [0.29, 0.717) is 17.1 Å². The van der Waals surface area contributed by atoms with E-state index in [1.807, 2.05) is 0 Å². The van der Waals surface area contributed by atoms with E-state index >= 15 is 0 Å². The number of H-pyrrole nitrogens is 1. The van der Waals surface area contributed by atoms with Gasteiger partial charge in [0, 0.05) is 29.9 Å². The summed E-state index contributed by atoms with van der Waals surface area (Å²) in [5, 5.41) is 9.77. The van der Waals surface area contributed by atoms with Crippen molar-refractivity contribution in [3.05, 3.63) is 47.2 Å². The smallest absolute Gasteiger partial charge is 0.254 e. The Hall–Kier alpha value is -2.34. The fourth-order valence-electron chi connectivity index (χ4n) is 2.32. The molecule has 1 aromatic heterocycles. The number of rotatable bonds is 3. The minimum atomic E-state index is -0.237. The van der Waals surface area contributed by atoms with Gasteiger partial charge in [0.05, 0.1) is 17.8 Å². The minimum absolute atomic E-state index is 0.0187. The summed E-state index contributed by atoms with van der Waals surface area (Å²) in [5.74, 6) is -0.255. The topological polar surface area (TPSA) is 78.1 Å². The van der Waals surface area contributed by atoms with Crippen molar-refractivity contribution in [1.29, 1.82) is 0 Å². The van der Waals surface area contributed by atoms with Crippen LogP contribution in [0.1, 0.15) is 16.8 Å². The fraction of sp³-hybridized carbons (Fsp3) is 0.214. The average molecular weight is 305 g/mol. The van der Waals surface area contributed by atoms with Crippen molar-refractivity contribution in [2.75, 3.05) is 11.4 Å². The normalized spacial score (nSPS) is 18.0. The number of hydrogen-bond donors (Lipinski definition) is 2. The molecule has 0 spiro atoms. The molecule has 0 radical (unpaired) electrons. The van der Waals surface area contributed by atoms with Crippen LogP contribution in [0.3, 0.4) is 0 Å². The molecule has 3 rings (SSSR count). The van der Waals surface area contributed by atoms with E-state index in [0.717, 1.165) is 5.69 Å². The molecule has 21 heavy (non-hydrogen) atoms. The van der Waals surface area contributed by atoms with Crippen molar-refractivity contribution in [3.8, 4) is 0 Å². The summed E-state index contributed by atoms with van der Waals surface area (Å²) in [4.78, 5) is 25.6. The summed E-state index contributed by atoms with van der Waals surface area (Å²) in [6.45, 7) is 0.448. The van der Waals surface area contributed by atoms with Crippen LogP contribution in [0.4, 0.5) is 5.69 Å². The van der Waals surface area contributed by atoms with E-state index in [1.165, 1.54) is 12.4 Å². The number of anilines is 1. The van der Waals surface area contributed by atoms with Crippen molar-refractivity contribution >= 4 is 29.1 Å². The molecule has 6 nitrogen and oxygen atoms in total. The fourth-order valence-corrected chi connectivity index (χ4v) is 2.44. The molecule has 1 atom stereocenters. The molecule has 2 heterocycles. The van der Waals surface area contributed by atoms with Gasteiger partial charge >= 0.3 is 0 Å². The lowest BCUT2D eigenvalue weighted by atomic mass is 10.2. The van der Waals surface area contributed by atoms with Gasteiger partial charge < -0.3 is 10.2 Å². The number of nitrogens with one attached hydrogen (secondary N) is 2. The van der Waals surface area contributed by atoms with Crippen molar-refractivity contribution < 1.29 is 9.59 Å². The van der Waals surface area contributed by atoms with E-state index < -0.39 is 0 Å². The Kier molecular flexibility index (Phi) is 3.62. The zero-order chi connectivity index (χ0) is 14.8. The van der Waals surface area contributed by atoms with Crippen LogP contribution in [0.15, 0.2) is 36.7 Å². The number of benzene rings is 1. The molecule has 7 heteroatoms. The van der Waals surface area contributed by atoms with Crippen LogP contribution < -0.4 is 10.2 Å². The molecule has 2 N–H and O–H groups in total. The van der Waals surface area contributed by atoms with Crippen LogP contribution in [-0.4, -0.2) is 34.6 Å². The number of aromatic amines is 1. The van der Waals surface area contributed by atoms with Crippen LogP contribution in [0.25, 0.3) is 0 Å². The Morgan fingerprint density at radius 1 is 1.38 bits per heavy atom. The first-order valence-electron chi connectivity index (χ1n) is 6.49. The maximum atomic E-state index is 12.1. The lowest BCUT2D eigenvalue weighted by Gasteiger charge is -2.17. The third-order valence-corrected chi connectivity index (χ3v) is 3.61. The average Bonchev–Trinajstić information content (AvgIpc) is 3.10. The van der Waals surface area contributed by atoms with Crippen LogP contribution in [-0.2, 0) is 4.79 Å². The van der Waals surface area contributed by atoms with Crippen LogP contribution in [0.5, 0.6) is 0 Å². The highest BCUT2D eigenvalue weighted by molar-refractivity contribution is 6.30. The molecule has 2 aromatic rings. The predicted octanol–water partition coefficient (Wildman–Crippen LogP) is 1.60. The highest BCUT2D eigenvalue weighted by Gasteiger charge is 2.31. The minimum Gasteiger partial charge on any atom is -0.347 e. The molecule has 1 saturated heterocycles. The number of nitrogens with zero attached hydrogens (tertiary/aromatic N) is 2. The Morgan fingerprint density at radius 3 is 2.81 bits per heavy atom. The number of carbonyl (C=O) groups is 2. The molecule has 1 fully saturated rings. The molecule has 1 aliphatic heterocycles. The second kappa shape index (κ2) is 5.57. The third kappa shape index (κ3) is 2.90. The molecule has 0 saturated carbocycles. The van der Waals surface area contributed by atoms with Crippen molar-refractivity contribution in [1.82, 2.24) is 15.5 Å². The Morgan fingerprint density at radius 2 is 2.14 bits per heavy atom. The summed E-state index contributed by atoms with van der Waals surface area (Å²) >= 11 is 5.84. The van der Waals surface area contributed by atoms with Gasteiger partial charge in [0.25, 0.3) is 5.91 Å². The summed E-state index contributed by atoms with van der Waals surface area (Å²) < 4.78 is 0. The van der Waals surface area contributed by atoms with Gasteiger partial charge in [-0.1, -0.05) is 11.6 Å². The van der Waals surface area contributed by atoms with Gasteiger partial charge in [0.1, 0.15) is 0 Å². The van der Waals surface area contributed by atoms with Crippen LogP contribution in [0.2, 0.25) is 5.02 Å². The Labute approximate surface area is 126 Å². The first-order chi connectivity index (χ1) is 10.1. The molecular formula is C14H13ClN4O2. The van der Waals surface area contributed by atoms with E-state index in [2.05, 4.69) is 15.5 Å². The van der Waals surface area contributed by atoms with E-state index in [-0.39, 0.29) is 24.3 Å². The number of aromatic nitrogens is 2. The van der Waals surface area contributed by atoms with Gasteiger partial charge in [-0.3, -0.25) is 14.7 Å². The second-order valence-electron chi connectivity index (χ2n) is 4.84. The SMILES string of the molecule is O=C(NC1CC(=O)N(c2ccc(Cl)cc2)C1)c1cn[nH]c1. The lowest BCUT2D eigenvalue weighted by Crippen LogP contribution is -2.37. The van der Waals surface area contributed by atoms with Crippen LogP contribution in [0, 0.1) is 0 Å². The standard InChI is InChI=1S/C14H13ClN4O2/c15-10-1-3-12(4-2-10)19-8-11(5-13(19)20)18-14(21)9-6-16-17-7-9/h1-4,6-7,11H,5,8H2,(H,16,17)(H,18,21). The molecule has 1 aliphatic rings. The molecule has 0 bridgehead atoms. The highest BCUT2D eigenvalue weighted by atomic mass is 35.5. The lowest BCUT2D eigenvalue weighted by molar-refractivity contribution is -0.117. The summed E-state index contributed by atoms with van der Waals surface area (Å²) in [7, 11) is 0. The zero-order valence-corrected chi connectivity index (χ0v) is 11.8. The number of halogens is 1. The zero-order valence-electron chi connectivity index (χ0n) is 11.0. The number of amides is 2. The Balaban J connectivity index is 1.67. The molecule has 108 valence electrons. The number of hydrogen-bond acceptors (Lipinski definition) is 3. The summed E-state index contributed by atoms with van der Waals surface area (Å²) in [6, 6.07) is 6.85. The second-order valence-corrected chi connectivity index (χ2v) is 5.28. The van der Waals surface area contributed by atoms with Gasteiger partial charge in [0.2, 0.25) is 5.91 Å². The molecule has 1 unspecified atom stereocenters. The first-order valence-corrected chi connectivity index (χ1v) is 6.87. The van der Waals surface area contributed by atoms with Crippen molar-refractivity contribution in [3.63, 3.8) is 0 Å². The maximum absolute atomic E-state index is 12.1. The number of carbonyl (C=O) groups excluding carboxylic acids is 2. The van der Waals surface area contributed by atoms with Gasteiger partial charge in [-0.25, -0.2) is 0 Å². The third-order valence-electron chi connectivity index (χ3n) is 3.36. The van der Waals surface area contributed by atoms with Crippen LogP contribution >= 0.6 is 11.6 Å². The monoisotopic (exact) mass is 304 g/mol. The highest BCUT2D eigenvalue weighted by Crippen LogP contribution is 2.23.